The van der Waals surface area contributed by atoms with Gasteiger partial charge in [0.1, 0.15) is 6.33 Å². The molecular formula is C5H3ClN6S2. The number of hydrogen-bond donors (Lipinski definition) is 1. The van der Waals surface area contributed by atoms with E-state index in [9.17, 15) is 0 Å². The Hall–Kier alpha value is -0.990. The summed E-state index contributed by atoms with van der Waals surface area (Å²) in [7, 11) is 0. The quantitative estimate of drug-likeness (QED) is 0.849. The van der Waals surface area contributed by atoms with E-state index in [1.165, 1.54) is 29.6 Å². The Labute approximate surface area is 92.1 Å². The van der Waals surface area contributed by atoms with E-state index in [-0.39, 0.29) is 11.2 Å². The van der Waals surface area contributed by atoms with Crippen molar-refractivity contribution < 1.29 is 0 Å². The number of aromatic nitrogens is 5. The maximum Gasteiger partial charge on any atom is 0.228 e. The molecule has 0 bridgehead atoms. The Bertz CT molecular complexity index is 412. The second-order valence-electron chi connectivity index (χ2n) is 2.05. The van der Waals surface area contributed by atoms with E-state index in [4.69, 9.17) is 17.3 Å². The predicted molar refractivity (Wildman–Crippen MR) is 53.3 cm³/mol. The second-order valence-corrected chi connectivity index (χ2v) is 4.39. The summed E-state index contributed by atoms with van der Waals surface area (Å²) in [6, 6.07) is 0. The number of nitrogens with two attached hydrogens (primary N) is 1. The number of anilines is 1. The van der Waals surface area contributed by atoms with Crippen LogP contribution in [0.5, 0.6) is 0 Å². The monoisotopic (exact) mass is 246 g/mol. The Balaban J connectivity index is 2.25. The summed E-state index contributed by atoms with van der Waals surface area (Å²) in [5.41, 5.74) is 5.40. The summed E-state index contributed by atoms with van der Waals surface area (Å²) in [5, 5.41) is 0.490. The molecule has 0 amide bonds. The minimum absolute atomic E-state index is 0.0736. The van der Waals surface area contributed by atoms with Gasteiger partial charge in [0.2, 0.25) is 16.4 Å². The number of hydrogen-bond acceptors (Lipinski definition) is 8. The van der Waals surface area contributed by atoms with E-state index in [0.29, 0.717) is 5.16 Å². The molecule has 0 saturated carbocycles. The number of nitrogens with zero attached hydrogens (tertiary/aromatic N) is 5. The molecule has 0 aromatic carbocycles. The molecule has 0 spiro atoms. The first kappa shape index (κ1) is 9.56. The molecule has 0 atom stereocenters. The third kappa shape index (κ3) is 2.28. The minimum Gasteiger partial charge on any atom is -0.368 e. The van der Waals surface area contributed by atoms with Crippen LogP contribution in [-0.4, -0.2) is 24.3 Å². The van der Waals surface area contributed by atoms with Gasteiger partial charge in [0.15, 0.2) is 4.34 Å². The van der Waals surface area contributed by atoms with Crippen LogP contribution in [0.4, 0.5) is 5.95 Å². The lowest BCUT2D eigenvalue weighted by molar-refractivity contribution is 0.916. The lowest BCUT2D eigenvalue weighted by Crippen LogP contribution is -1.98. The zero-order valence-corrected chi connectivity index (χ0v) is 8.97. The minimum atomic E-state index is 0.0736. The van der Waals surface area contributed by atoms with Crippen LogP contribution in [0.2, 0.25) is 5.28 Å². The lowest BCUT2D eigenvalue weighted by Gasteiger charge is -1.96. The van der Waals surface area contributed by atoms with Gasteiger partial charge in [-0.2, -0.15) is 19.3 Å². The molecule has 2 aromatic heterocycles. The van der Waals surface area contributed by atoms with Crippen molar-refractivity contribution in [3.8, 4) is 0 Å². The van der Waals surface area contributed by atoms with E-state index in [0.717, 1.165) is 4.34 Å². The average Bonchev–Trinajstić information content (AvgIpc) is 2.54. The van der Waals surface area contributed by atoms with Crippen molar-refractivity contribution in [1.82, 2.24) is 24.3 Å². The Kier molecular flexibility index (Phi) is 2.75. The van der Waals surface area contributed by atoms with Crippen LogP contribution in [0.1, 0.15) is 0 Å². The van der Waals surface area contributed by atoms with Gasteiger partial charge in [-0.25, -0.2) is 4.98 Å². The van der Waals surface area contributed by atoms with Gasteiger partial charge in [0.05, 0.1) is 0 Å². The highest BCUT2D eigenvalue weighted by Gasteiger charge is 2.06. The SMILES string of the molecule is Nc1nc(Cl)nc(Sc2ncns2)n1. The van der Waals surface area contributed by atoms with Gasteiger partial charge in [0, 0.05) is 0 Å². The molecule has 2 rings (SSSR count). The van der Waals surface area contributed by atoms with Crippen molar-refractivity contribution in [2.45, 2.75) is 9.50 Å². The second kappa shape index (κ2) is 4.03. The van der Waals surface area contributed by atoms with E-state index in [1.807, 2.05) is 0 Å². The largest absolute Gasteiger partial charge is 0.368 e. The fourth-order valence-corrected chi connectivity index (χ4v) is 2.20. The molecule has 2 aromatic rings. The molecule has 2 heterocycles. The maximum absolute atomic E-state index is 5.60. The summed E-state index contributed by atoms with van der Waals surface area (Å²) in [6.07, 6.45) is 1.46. The summed E-state index contributed by atoms with van der Waals surface area (Å²) in [4.78, 5) is 15.4. The van der Waals surface area contributed by atoms with Crippen molar-refractivity contribution >= 4 is 40.8 Å². The molecular weight excluding hydrogens is 244 g/mol. The van der Waals surface area contributed by atoms with Crippen molar-refractivity contribution in [2.24, 2.45) is 0 Å². The normalized spacial score (nSPS) is 10.4. The molecule has 9 heteroatoms. The Morgan fingerprint density at radius 3 is 2.86 bits per heavy atom. The Morgan fingerprint density at radius 1 is 1.36 bits per heavy atom. The van der Waals surface area contributed by atoms with Crippen LogP contribution in [-0.2, 0) is 0 Å². The first-order valence-electron chi connectivity index (χ1n) is 3.35. The average molecular weight is 247 g/mol. The third-order valence-corrected chi connectivity index (χ3v) is 2.87. The van der Waals surface area contributed by atoms with Crippen molar-refractivity contribution in [3.05, 3.63) is 11.6 Å². The van der Waals surface area contributed by atoms with Gasteiger partial charge >= 0.3 is 0 Å². The standard InChI is InChI=1S/C5H3ClN6S2/c6-2-10-3(7)12-4(11-2)13-5-8-1-9-14-5/h1H,(H2,7,10,11,12). The zero-order chi connectivity index (χ0) is 9.97. The topological polar surface area (TPSA) is 90.5 Å². The molecule has 0 unspecified atom stereocenters. The van der Waals surface area contributed by atoms with Gasteiger partial charge in [-0.3, -0.25) is 0 Å². The van der Waals surface area contributed by atoms with E-state index < -0.39 is 0 Å². The van der Waals surface area contributed by atoms with Crippen LogP contribution < -0.4 is 5.73 Å². The molecule has 6 nitrogen and oxygen atoms in total. The number of halogens is 1. The summed E-state index contributed by atoms with van der Waals surface area (Å²) in [6.45, 7) is 0. The number of rotatable bonds is 2. The van der Waals surface area contributed by atoms with Crippen LogP contribution in [0.3, 0.4) is 0 Å². The molecule has 0 radical (unpaired) electrons. The highest BCUT2D eigenvalue weighted by Crippen LogP contribution is 2.25. The Morgan fingerprint density at radius 2 is 2.21 bits per heavy atom. The zero-order valence-electron chi connectivity index (χ0n) is 6.59. The summed E-state index contributed by atoms with van der Waals surface area (Å²) >= 11 is 8.09. The van der Waals surface area contributed by atoms with Gasteiger partial charge in [-0.15, -0.1) is 0 Å². The first-order chi connectivity index (χ1) is 6.74. The van der Waals surface area contributed by atoms with Crippen molar-refractivity contribution in [3.63, 3.8) is 0 Å². The molecule has 0 saturated heterocycles. The fraction of sp³-hybridized carbons (Fsp3) is 0. The van der Waals surface area contributed by atoms with Crippen molar-refractivity contribution in [2.75, 3.05) is 5.73 Å². The maximum atomic E-state index is 5.60. The fourth-order valence-electron chi connectivity index (χ4n) is 0.678. The first-order valence-corrected chi connectivity index (χ1v) is 5.32. The lowest BCUT2D eigenvalue weighted by atomic mass is 11.0. The van der Waals surface area contributed by atoms with E-state index >= 15 is 0 Å². The van der Waals surface area contributed by atoms with E-state index in [1.54, 1.807) is 0 Å². The molecule has 14 heavy (non-hydrogen) atoms. The highest BCUT2D eigenvalue weighted by molar-refractivity contribution is 8.00. The highest BCUT2D eigenvalue weighted by atomic mass is 35.5. The molecule has 2 N–H and O–H groups in total. The molecule has 72 valence electrons. The van der Waals surface area contributed by atoms with Gasteiger partial charge < -0.3 is 5.73 Å². The number of nitrogen functional groups attached to an aromatic ring is 1. The van der Waals surface area contributed by atoms with Gasteiger partial charge in [-0.1, -0.05) is 0 Å². The van der Waals surface area contributed by atoms with Gasteiger partial charge in [0.25, 0.3) is 0 Å². The molecule has 0 aliphatic carbocycles. The predicted octanol–water partition coefficient (Wildman–Crippen LogP) is 1.11. The molecule has 0 aliphatic rings. The van der Waals surface area contributed by atoms with Crippen LogP contribution in [0.15, 0.2) is 15.8 Å². The van der Waals surface area contributed by atoms with Crippen LogP contribution in [0, 0.1) is 0 Å². The van der Waals surface area contributed by atoms with Crippen LogP contribution >= 0.6 is 34.9 Å². The van der Waals surface area contributed by atoms with Gasteiger partial charge in [-0.05, 0) is 34.9 Å². The van der Waals surface area contributed by atoms with Crippen LogP contribution in [0.25, 0.3) is 0 Å². The summed E-state index contributed by atoms with van der Waals surface area (Å²) in [5.74, 6) is 0.0945. The smallest absolute Gasteiger partial charge is 0.228 e. The van der Waals surface area contributed by atoms with Crippen molar-refractivity contribution in [1.29, 1.82) is 0 Å². The molecule has 0 aliphatic heterocycles. The third-order valence-electron chi connectivity index (χ3n) is 1.12. The van der Waals surface area contributed by atoms with E-state index in [2.05, 4.69) is 24.3 Å². The summed E-state index contributed by atoms with van der Waals surface area (Å²) < 4.78 is 4.57. The molecule has 0 fully saturated rings.